The van der Waals surface area contributed by atoms with Crippen molar-refractivity contribution in [3.8, 4) is 0 Å². The number of halogens is 2. The summed E-state index contributed by atoms with van der Waals surface area (Å²) in [6.07, 6.45) is -1.91. The Morgan fingerprint density at radius 1 is 0.731 bits per heavy atom. The zero-order chi connectivity index (χ0) is 37.9. The molecule has 18 nitrogen and oxygen atoms in total. The molecule has 0 amide bonds. The molecule has 2 aliphatic rings. The van der Waals surface area contributed by atoms with Crippen molar-refractivity contribution in [1.29, 1.82) is 0 Å². The monoisotopic (exact) mass is 862 g/mol. The van der Waals surface area contributed by atoms with Crippen molar-refractivity contribution >= 4 is 56.0 Å². The van der Waals surface area contributed by atoms with Crippen LogP contribution in [0.5, 0.6) is 0 Å². The van der Waals surface area contributed by atoms with Crippen molar-refractivity contribution in [3.63, 3.8) is 0 Å². The zero-order valence-corrected chi connectivity index (χ0v) is 30.8. The van der Waals surface area contributed by atoms with Crippen LogP contribution in [-0.4, -0.2) is 88.5 Å². The van der Waals surface area contributed by atoms with E-state index in [0.29, 0.717) is 25.7 Å². The maximum atomic E-state index is 12.3. The minimum atomic E-state index is -1.79. The lowest BCUT2D eigenvalue weighted by Crippen LogP contribution is -2.38. The lowest BCUT2D eigenvalue weighted by molar-refractivity contribution is -0.204. The fourth-order valence-electron chi connectivity index (χ4n) is 5.78. The predicted molar refractivity (Wildman–Crippen MR) is 189 cm³/mol. The van der Waals surface area contributed by atoms with Crippen LogP contribution < -0.4 is 22.5 Å². The molecule has 4 unspecified atom stereocenters. The van der Waals surface area contributed by atoms with E-state index in [1.807, 2.05) is 0 Å². The quantitative estimate of drug-likeness (QED) is 0.0736. The summed E-state index contributed by atoms with van der Waals surface area (Å²) >= 11 is 6.12. The number of rotatable bonds is 17. The smallest absolute Gasteiger partial charge is 0.330 e. The molecule has 8 atom stereocenters. The molecular weight excluding hydrogens is 824 g/mol. The van der Waals surface area contributed by atoms with Crippen LogP contribution in [-0.2, 0) is 28.5 Å². The van der Waals surface area contributed by atoms with E-state index in [-0.39, 0.29) is 36.8 Å². The van der Waals surface area contributed by atoms with Crippen LogP contribution in [0.2, 0.25) is 0 Å². The van der Waals surface area contributed by atoms with Gasteiger partial charge in [-0.05, 0) is 35.0 Å². The van der Waals surface area contributed by atoms with Gasteiger partial charge in [-0.15, -0.1) is 0 Å². The molecule has 6 N–H and O–H groups in total. The van der Waals surface area contributed by atoms with Gasteiger partial charge in [0.25, 0.3) is 11.1 Å². The Morgan fingerprint density at radius 2 is 1.10 bits per heavy atom. The van der Waals surface area contributed by atoms with Gasteiger partial charge in [0.2, 0.25) is 12.6 Å². The second-order valence-corrected chi connectivity index (χ2v) is 13.2. The number of aliphatic hydroxyl groups excluding tert-OH is 4. The summed E-state index contributed by atoms with van der Waals surface area (Å²) in [6, 6.07) is 0. The number of nitrogens with zero attached hydrogens (tertiary/aromatic N) is 2. The molecular formula is C32H40Br2N4O14. The number of esters is 2. The highest BCUT2D eigenvalue weighted by molar-refractivity contribution is 9.11. The molecule has 4 heterocycles. The third-order valence-electron chi connectivity index (χ3n) is 8.45. The van der Waals surface area contributed by atoms with Gasteiger partial charge in [0.05, 0.1) is 23.3 Å². The summed E-state index contributed by atoms with van der Waals surface area (Å²) < 4.78 is 23.4. The van der Waals surface area contributed by atoms with Crippen LogP contribution in [0.1, 0.15) is 87.8 Å². The van der Waals surface area contributed by atoms with E-state index in [4.69, 9.17) is 18.9 Å². The number of H-pyrrole nitrogens is 2. The van der Waals surface area contributed by atoms with Gasteiger partial charge in [-0.3, -0.25) is 38.3 Å². The molecule has 2 aromatic heterocycles. The first-order valence-corrected chi connectivity index (χ1v) is 18.3. The number of ether oxygens (including phenoxy) is 4. The Morgan fingerprint density at radius 3 is 1.46 bits per heavy atom. The maximum absolute atomic E-state index is 12.3. The highest BCUT2D eigenvalue weighted by atomic mass is 79.9. The number of aromatic amines is 2. The number of carbonyl (C=O) groups excluding carboxylic acids is 2. The average molecular weight is 864 g/mol. The third kappa shape index (κ3) is 11.0. The summed E-state index contributed by atoms with van der Waals surface area (Å²) in [7, 11) is 0. The van der Waals surface area contributed by atoms with E-state index in [2.05, 4.69) is 41.8 Å². The van der Waals surface area contributed by atoms with Gasteiger partial charge < -0.3 is 39.4 Å². The van der Waals surface area contributed by atoms with Gasteiger partial charge in [0, 0.05) is 38.1 Å². The summed E-state index contributed by atoms with van der Waals surface area (Å²) in [5.74, 6) is -1.41. The Kier molecular flexibility index (Phi) is 15.5. The van der Waals surface area contributed by atoms with Crippen molar-refractivity contribution < 1.29 is 49.0 Å². The Balaban J connectivity index is 1.09. The number of unbranched alkanes of at least 4 members (excludes halogenated alkanes) is 5. The summed E-state index contributed by atoms with van der Waals surface area (Å²) in [4.78, 5) is 80.2. The van der Waals surface area contributed by atoms with Crippen LogP contribution >= 0.6 is 31.9 Å². The predicted octanol–water partition coefficient (Wildman–Crippen LogP) is 0.959. The van der Waals surface area contributed by atoms with Gasteiger partial charge in [-0.25, -0.2) is 9.59 Å². The van der Waals surface area contributed by atoms with Gasteiger partial charge in [-0.1, -0.05) is 57.5 Å². The van der Waals surface area contributed by atoms with Crippen molar-refractivity contribution in [2.45, 2.75) is 114 Å². The Bertz CT molecular complexity index is 1710. The molecule has 2 fully saturated rings. The first-order valence-electron chi connectivity index (χ1n) is 16.5. The van der Waals surface area contributed by atoms with Gasteiger partial charge in [-0.2, -0.15) is 0 Å². The molecule has 0 spiro atoms. The summed E-state index contributed by atoms with van der Waals surface area (Å²) in [5, 5.41) is 41.6. The van der Waals surface area contributed by atoms with E-state index in [1.54, 1.807) is 0 Å². The number of hydrogen-bond donors (Lipinski definition) is 6. The van der Waals surface area contributed by atoms with E-state index in [0.717, 1.165) is 22.0 Å². The average Bonchev–Trinajstić information content (AvgIpc) is 3.67. The molecule has 20 heteroatoms. The second-order valence-electron chi connectivity index (χ2n) is 12.2. The standard InChI is InChI=1S/C32H40Br2N4O14/c33-11-9-17-15-37(31(47)35-27(17)43)21-13-19(39)25(49-21)29(45)51-23(41)7-5-3-1-2-4-6-8-24(42)52-30(46)26-20(40)14-22(50-26)38-16-18(10-12-34)28(44)36-32(38)48/h9-12,15-16,19-22,25-26,29-30,39-40,45-46H,1-8,13-14H2,(H,35,43,47)(H,36,44,48)/t19?,20?,21-,22-,25+,26+,29?,30?/m0/s1. The van der Waals surface area contributed by atoms with Gasteiger partial charge in [0.1, 0.15) is 24.7 Å². The molecule has 0 aromatic carbocycles. The molecule has 0 radical (unpaired) electrons. The largest absolute Gasteiger partial charge is 0.433 e. The van der Waals surface area contributed by atoms with Crippen LogP contribution in [0.4, 0.5) is 0 Å². The second kappa shape index (κ2) is 19.5. The summed E-state index contributed by atoms with van der Waals surface area (Å²) in [6.45, 7) is 0. The minimum Gasteiger partial charge on any atom is -0.433 e. The fraction of sp³-hybridized carbons (Fsp3) is 0.562. The van der Waals surface area contributed by atoms with Crippen LogP contribution in [0.25, 0.3) is 12.2 Å². The van der Waals surface area contributed by atoms with Crippen LogP contribution in [0, 0.1) is 0 Å². The molecule has 0 bridgehead atoms. The third-order valence-corrected chi connectivity index (χ3v) is 8.98. The molecule has 0 aliphatic carbocycles. The van der Waals surface area contributed by atoms with Crippen LogP contribution in [0.15, 0.2) is 41.5 Å². The highest BCUT2D eigenvalue weighted by Crippen LogP contribution is 2.31. The summed E-state index contributed by atoms with van der Waals surface area (Å²) in [5.41, 5.74) is -2.47. The lowest BCUT2D eigenvalue weighted by atomic mass is 10.1. The SMILES string of the molecule is O=C(CCCCCCCCC(=O)OC(O)[C@@H]1O[C@H](n2cc(C=CBr)c(=O)[nH]c2=O)CC1O)OC(O)[C@@H]1O[C@H](n2cc(C=CBr)c(=O)[nH]c2=O)CC1O. The topological polar surface area (TPSA) is 262 Å². The van der Waals surface area contributed by atoms with Gasteiger partial charge in [0.15, 0.2) is 0 Å². The molecule has 0 saturated carbocycles. The molecule has 52 heavy (non-hydrogen) atoms. The normalized spacial score (nSPS) is 24.4. The molecule has 2 aliphatic heterocycles. The van der Waals surface area contributed by atoms with E-state index in [9.17, 15) is 49.2 Å². The number of carbonyl (C=O) groups is 2. The van der Waals surface area contributed by atoms with Crippen molar-refractivity contribution in [3.05, 3.63) is 75.2 Å². The number of nitrogens with one attached hydrogen (secondary N) is 2. The lowest BCUT2D eigenvalue weighted by Gasteiger charge is -2.21. The zero-order valence-electron chi connectivity index (χ0n) is 27.7. The molecule has 4 rings (SSSR count). The molecule has 2 aromatic rings. The fourth-order valence-corrected chi connectivity index (χ4v) is 6.35. The number of aliphatic hydroxyl groups is 4. The first kappa shape index (κ1) is 41.3. The van der Waals surface area contributed by atoms with E-state index in [1.165, 1.54) is 34.5 Å². The Hall–Kier alpha value is -3.50. The van der Waals surface area contributed by atoms with Gasteiger partial charge >= 0.3 is 23.3 Å². The highest BCUT2D eigenvalue weighted by Gasteiger charge is 2.43. The molecule has 286 valence electrons. The maximum Gasteiger partial charge on any atom is 0.330 e. The number of aromatic nitrogens is 4. The van der Waals surface area contributed by atoms with Crippen molar-refractivity contribution in [2.24, 2.45) is 0 Å². The molecule has 2 saturated heterocycles. The van der Waals surface area contributed by atoms with Crippen molar-refractivity contribution in [1.82, 2.24) is 19.1 Å². The minimum absolute atomic E-state index is 0.00299. The Labute approximate surface area is 311 Å². The van der Waals surface area contributed by atoms with Crippen LogP contribution in [0.3, 0.4) is 0 Å². The van der Waals surface area contributed by atoms with E-state index >= 15 is 0 Å². The first-order chi connectivity index (χ1) is 24.8. The van der Waals surface area contributed by atoms with Crippen molar-refractivity contribution in [2.75, 3.05) is 0 Å². The number of hydrogen-bond acceptors (Lipinski definition) is 14. The van der Waals surface area contributed by atoms with E-state index < -0.39 is 83.9 Å².